The summed E-state index contributed by atoms with van der Waals surface area (Å²) in [5, 5.41) is 6.56. The van der Waals surface area contributed by atoms with E-state index in [0.29, 0.717) is 6.17 Å². The molecule has 2 atom stereocenters. The van der Waals surface area contributed by atoms with Crippen LogP contribution in [-0.4, -0.2) is 31.3 Å². The van der Waals surface area contributed by atoms with E-state index in [-0.39, 0.29) is 6.17 Å². The maximum absolute atomic E-state index is 4.38. The lowest BCUT2D eigenvalue weighted by atomic mass is 10.2. The largest absolute Gasteiger partial charge is 0.370 e. The van der Waals surface area contributed by atoms with E-state index < -0.39 is 0 Å². The maximum Gasteiger partial charge on any atom is 0.118 e. The van der Waals surface area contributed by atoms with Crippen LogP contribution in [0.4, 0.5) is 0 Å². The van der Waals surface area contributed by atoms with Crippen molar-refractivity contribution >= 4 is 12.4 Å². The van der Waals surface area contributed by atoms with Gasteiger partial charge in [0.05, 0.1) is 6.17 Å². The molecule has 0 bridgehead atoms. The highest BCUT2D eigenvalue weighted by Crippen LogP contribution is 2.07. The number of aliphatic imine (C=N–C) groups is 2. The zero-order valence-electron chi connectivity index (χ0n) is 8.19. The summed E-state index contributed by atoms with van der Waals surface area (Å²) in [4.78, 5) is 8.69. The van der Waals surface area contributed by atoms with Crippen LogP contribution in [0.25, 0.3) is 0 Å². The zero-order chi connectivity index (χ0) is 9.64. The first kappa shape index (κ1) is 9.40. The summed E-state index contributed by atoms with van der Waals surface area (Å²) < 4.78 is 0. The molecule has 2 N–H and O–H groups in total. The Morgan fingerprint density at radius 1 is 1.21 bits per heavy atom. The Morgan fingerprint density at radius 2 is 2.14 bits per heavy atom. The Morgan fingerprint density at radius 3 is 2.86 bits per heavy atom. The van der Waals surface area contributed by atoms with Crippen LogP contribution in [0.2, 0.25) is 0 Å². The van der Waals surface area contributed by atoms with Crippen LogP contribution in [0.5, 0.6) is 0 Å². The Balaban J connectivity index is 1.71. The van der Waals surface area contributed by atoms with Crippen LogP contribution < -0.4 is 10.6 Å². The second-order valence-electron chi connectivity index (χ2n) is 3.51. The molecule has 4 nitrogen and oxygen atoms in total. The molecule has 0 aliphatic carbocycles. The van der Waals surface area contributed by atoms with E-state index in [1.807, 2.05) is 24.7 Å². The summed E-state index contributed by atoms with van der Waals surface area (Å²) in [7, 11) is 0. The monoisotopic (exact) mass is 192 g/mol. The van der Waals surface area contributed by atoms with Crippen LogP contribution >= 0.6 is 0 Å². The molecule has 0 spiro atoms. The van der Waals surface area contributed by atoms with Gasteiger partial charge in [0.15, 0.2) is 0 Å². The first-order valence-electron chi connectivity index (χ1n) is 5.14. The lowest BCUT2D eigenvalue weighted by Crippen LogP contribution is -2.34. The fraction of sp³-hybridized carbons (Fsp3) is 0.600. The number of nitrogens with one attached hydrogen (secondary N) is 2. The number of hydrogen-bond acceptors (Lipinski definition) is 4. The van der Waals surface area contributed by atoms with Gasteiger partial charge in [0.2, 0.25) is 0 Å². The van der Waals surface area contributed by atoms with Gasteiger partial charge in [-0.25, -0.2) is 0 Å². The minimum absolute atomic E-state index is 0.235. The third-order valence-corrected chi connectivity index (χ3v) is 2.39. The minimum atomic E-state index is 0.235. The fourth-order valence-electron chi connectivity index (χ4n) is 1.63. The van der Waals surface area contributed by atoms with E-state index in [2.05, 4.69) is 20.6 Å². The highest BCUT2D eigenvalue weighted by Gasteiger charge is 2.11. The number of allylic oxidation sites excluding steroid dienone is 1. The van der Waals surface area contributed by atoms with Gasteiger partial charge in [-0.2, -0.15) is 0 Å². The Bertz CT molecular complexity index is 255. The van der Waals surface area contributed by atoms with Crippen LogP contribution in [-0.2, 0) is 0 Å². The van der Waals surface area contributed by atoms with Crippen molar-refractivity contribution in [3.8, 4) is 0 Å². The van der Waals surface area contributed by atoms with Crippen LogP contribution in [0, 0.1) is 0 Å². The van der Waals surface area contributed by atoms with Crippen molar-refractivity contribution < 1.29 is 0 Å². The topological polar surface area (TPSA) is 48.8 Å². The van der Waals surface area contributed by atoms with E-state index in [4.69, 9.17) is 0 Å². The van der Waals surface area contributed by atoms with E-state index in [1.165, 1.54) is 0 Å². The summed E-state index contributed by atoms with van der Waals surface area (Å²) in [6, 6.07) is 0. The van der Waals surface area contributed by atoms with Gasteiger partial charge in [-0.05, 0) is 31.5 Å². The molecule has 2 rings (SSSR count). The van der Waals surface area contributed by atoms with Gasteiger partial charge < -0.3 is 5.32 Å². The summed E-state index contributed by atoms with van der Waals surface area (Å²) in [6.45, 7) is 1.05. The van der Waals surface area contributed by atoms with Crippen LogP contribution in [0.15, 0.2) is 22.3 Å². The molecule has 76 valence electrons. The third-order valence-electron chi connectivity index (χ3n) is 2.39. The number of nitrogens with zero attached hydrogens (tertiary/aromatic N) is 2. The molecule has 4 heteroatoms. The quantitative estimate of drug-likeness (QED) is 0.690. The predicted octanol–water partition coefficient (Wildman–Crippen LogP) is 0.671. The summed E-state index contributed by atoms with van der Waals surface area (Å²) in [6.07, 6.45) is 11.4. The van der Waals surface area contributed by atoms with Crippen molar-refractivity contribution in [1.29, 1.82) is 0 Å². The fourth-order valence-corrected chi connectivity index (χ4v) is 1.63. The Labute approximate surface area is 84.2 Å². The second-order valence-corrected chi connectivity index (χ2v) is 3.51. The van der Waals surface area contributed by atoms with Crippen molar-refractivity contribution in [2.75, 3.05) is 6.54 Å². The second kappa shape index (κ2) is 4.91. The van der Waals surface area contributed by atoms with Crippen molar-refractivity contribution in [2.24, 2.45) is 9.98 Å². The van der Waals surface area contributed by atoms with Gasteiger partial charge in [-0.15, -0.1) is 0 Å². The maximum atomic E-state index is 4.38. The van der Waals surface area contributed by atoms with Crippen molar-refractivity contribution in [2.45, 2.75) is 31.6 Å². The number of hydrogen-bond donors (Lipinski definition) is 2. The predicted molar refractivity (Wildman–Crippen MR) is 58.7 cm³/mol. The number of rotatable bonds is 3. The minimum Gasteiger partial charge on any atom is -0.370 e. The van der Waals surface area contributed by atoms with Crippen molar-refractivity contribution in [3.05, 3.63) is 12.3 Å². The lowest BCUT2D eigenvalue weighted by molar-refractivity contribution is 0.437. The van der Waals surface area contributed by atoms with E-state index in [9.17, 15) is 0 Å². The molecule has 0 radical (unpaired) electrons. The molecular formula is C10H16N4. The molecule has 0 amide bonds. The molecule has 14 heavy (non-hydrogen) atoms. The molecule has 0 aromatic rings. The molecule has 0 aromatic heterocycles. The van der Waals surface area contributed by atoms with E-state index >= 15 is 0 Å². The van der Waals surface area contributed by atoms with Crippen LogP contribution in [0.1, 0.15) is 19.3 Å². The summed E-state index contributed by atoms with van der Waals surface area (Å²) >= 11 is 0. The molecule has 0 aromatic carbocycles. The molecule has 2 aliphatic heterocycles. The average molecular weight is 192 g/mol. The van der Waals surface area contributed by atoms with Crippen molar-refractivity contribution in [3.63, 3.8) is 0 Å². The Hall–Kier alpha value is -1.16. The highest BCUT2D eigenvalue weighted by molar-refractivity contribution is 5.71. The van der Waals surface area contributed by atoms with E-state index in [1.54, 1.807) is 0 Å². The van der Waals surface area contributed by atoms with Gasteiger partial charge in [-0.1, -0.05) is 0 Å². The summed E-state index contributed by atoms with van der Waals surface area (Å²) in [5.41, 5.74) is 0. The summed E-state index contributed by atoms with van der Waals surface area (Å²) in [5.74, 6) is 0. The van der Waals surface area contributed by atoms with E-state index in [0.717, 1.165) is 25.8 Å². The average Bonchev–Trinajstić information content (AvgIpc) is 2.29. The van der Waals surface area contributed by atoms with Crippen LogP contribution in [0.3, 0.4) is 0 Å². The molecule has 2 aliphatic rings. The Kier molecular flexibility index (Phi) is 3.29. The molecule has 2 heterocycles. The van der Waals surface area contributed by atoms with Gasteiger partial charge in [-0.3, -0.25) is 15.3 Å². The zero-order valence-corrected chi connectivity index (χ0v) is 8.19. The normalized spacial score (nSPS) is 30.3. The smallest absolute Gasteiger partial charge is 0.118 e. The third kappa shape index (κ3) is 2.67. The lowest BCUT2D eigenvalue weighted by Gasteiger charge is -2.20. The molecule has 0 saturated carbocycles. The van der Waals surface area contributed by atoms with Gasteiger partial charge in [0.1, 0.15) is 6.17 Å². The van der Waals surface area contributed by atoms with Gasteiger partial charge in [0.25, 0.3) is 0 Å². The molecular weight excluding hydrogens is 176 g/mol. The molecule has 2 unspecified atom stereocenters. The standard InChI is InChI=1S/C10H16N4/c1-5-11-9(12-6-1)3-4-10-13-7-2-8-14-10/h1,5-7,9-11,14H,2-4,8H2. The highest BCUT2D eigenvalue weighted by atomic mass is 15.1. The molecule has 0 fully saturated rings. The molecule has 0 saturated heterocycles. The first-order chi connectivity index (χ1) is 6.95. The first-order valence-corrected chi connectivity index (χ1v) is 5.14. The SMILES string of the molecule is C1=CNC(CCC2N=CCCN2)N=C1. The van der Waals surface area contributed by atoms with Gasteiger partial charge in [0, 0.05) is 19.0 Å². The van der Waals surface area contributed by atoms with Gasteiger partial charge >= 0.3 is 0 Å². The van der Waals surface area contributed by atoms with Crippen molar-refractivity contribution in [1.82, 2.24) is 10.6 Å².